The summed E-state index contributed by atoms with van der Waals surface area (Å²) in [6, 6.07) is 26.6. The number of hydrogen-bond acceptors (Lipinski definition) is 2. The number of benzene rings is 3. The van der Waals surface area contributed by atoms with E-state index >= 15 is 0 Å². The van der Waals surface area contributed by atoms with E-state index in [1.807, 2.05) is 49.4 Å². The van der Waals surface area contributed by atoms with E-state index in [0.29, 0.717) is 0 Å². The summed E-state index contributed by atoms with van der Waals surface area (Å²) in [6.07, 6.45) is 3.34. The van der Waals surface area contributed by atoms with Gasteiger partial charge in [-0.25, -0.2) is 0 Å². The molecule has 4 rings (SSSR count). The summed E-state index contributed by atoms with van der Waals surface area (Å²) in [4.78, 5) is 12.9. The number of aryl methyl sites for hydroxylation is 1. The maximum Gasteiger partial charge on any atom is 0.241 e. The van der Waals surface area contributed by atoms with E-state index in [9.17, 15) is 4.79 Å². The molecule has 28 heavy (non-hydrogen) atoms. The van der Waals surface area contributed by atoms with Gasteiger partial charge in [-0.15, -0.1) is 0 Å². The molecule has 1 amide bonds. The number of carbonyl (C=O) groups excluding carboxylic acids is 1. The Kier molecular flexibility index (Phi) is 5.54. The Labute approximate surface area is 166 Å². The van der Waals surface area contributed by atoms with Gasteiger partial charge in [0.05, 0.1) is 6.04 Å². The Bertz CT molecular complexity index is 952. The Morgan fingerprint density at radius 2 is 1.64 bits per heavy atom. The van der Waals surface area contributed by atoms with Crippen molar-refractivity contribution >= 4 is 11.6 Å². The molecule has 0 radical (unpaired) electrons. The largest absolute Gasteiger partial charge is 0.324 e. The molecule has 0 saturated heterocycles. The molecular formula is C25H26N2O. The maximum absolute atomic E-state index is 12.9. The van der Waals surface area contributed by atoms with Crippen molar-refractivity contribution in [1.29, 1.82) is 0 Å². The van der Waals surface area contributed by atoms with Crippen LogP contribution < -0.4 is 10.6 Å². The van der Waals surface area contributed by atoms with Gasteiger partial charge in [0.25, 0.3) is 0 Å². The first kappa shape index (κ1) is 18.5. The Hall–Kier alpha value is -2.91. The lowest BCUT2D eigenvalue weighted by molar-refractivity contribution is -0.118. The van der Waals surface area contributed by atoms with Gasteiger partial charge in [0, 0.05) is 17.3 Å². The van der Waals surface area contributed by atoms with Crippen LogP contribution in [-0.4, -0.2) is 11.9 Å². The summed E-state index contributed by atoms with van der Waals surface area (Å²) >= 11 is 0. The SMILES string of the molecule is C[C@@H](N[C@@H]1CCCc2ccccc21)C(=O)Nc1ccccc1-c1ccccc1. The second-order valence-corrected chi connectivity index (χ2v) is 7.43. The Morgan fingerprint density at radius 3 is 2.50 bits per heavy atom. The molecule has 0 aromatic heterocycles. The smallest absolute Gasteiger partial charge is 0.241 e. The van der Waals surface area contributed by atoms with Gasteiger partial charge in [0.2, 0.25) is 5.91 Å². The van der Waals surface area contributed by atoms with E-state index in [0.717, 1.165) is 36.1 Å². The third kappa shape index (κ3) is 4.00. The first-order valence-corrected chi connectivity index (χ1v) is 10.0. The monoisotopic (exact) mass is 370 g/mol. The van der Waals surface area contributed by atoms with Crippen molar-refractivity contribution in [2.24, 2.45) is 0 Å². The van der Waals surface area contributed by atoms with E-state index in [-0.39, 0.29) is 18.0 Å². The minimum Gasteiger partial charge on any atom is -0.324 e. The number of rotatable bonds is 5. The molecule has 0 aliphatic heterocycles. The lowest BCUT2D eigenvalue weighted by Crippen LogP contribution is -2.41. The van der Waals surface area contributed by atoms with Gasteiger partial charge in [0.1, 0.15) is 0 Å². The van der Waals surface area contributed by atoms with Crippen LogP contribution in [0.5, 0.6) is 0 Å². The van der Waals surface area contributed by atoms with Gasteiger partial charge in [-0.05, 0) is 48.9 Å². The van der Waals surface area contributed by atoms with Crippen LogP contribution in [0.15, 0.2) is 78.9 Å². The minimum absolute atomic E-state index is 0.00793. The van der Waals surface area contributed by atoms with E-state index < -0.39 is 0 Å². The predicted octanol–water partition coefficient (Wildman–Crippen LogP) is 5.35. The maximum atomic E-state index is 12.9. The highest BCUT2D eigenvalue weighted by molar-refractivity contribution is 5.98. The molecule has 3 nitrogen and oxygen atoms in total. The zero-order valence-electron chi connectivity index (χ0n) is 16.2. The molecule has 0 fully saturated rings. The Balaban J connectivity index is 1.48. The number of fused-ring (bicyclic) bond motifs is 1. The van der Waals surface area contributed by atoms with E-state index in [1.54, 1.807) is 0 Å². The van der Waals surface area contributed by atoms with Gasteiger partial charge in [0.15, 0.2) is 0 Å². The molecular weight excluding hydrogens is 344 g/mol. The fraction of sp³-hybridized carbons (Fsp3) is 0.240. The average Bonchev–Trinajstić information content (AvgIpc) is 2.75. The first-order chi connectivity index (χ1) is 13.7. The van der Waals surface area contributed by atoms with Crippen molar-refractivity contribution in [2.75, 3.05) is 5.32 Å². The van der Waals surface area contributed by atoms with E-state index in [1.165, 1.54) is 11.1 Å². The van der Waals surface area contributed by atoms with Crippen LogP contribution in [0, 0.1) is 0 Å². The van der Waals surface area contributed by atoms with Gasteiger partial charge < -0.3 is 5.32 Å². The molecule has 0 bridgehead atoms. The van der Waals surface area contributed by atoms with Crippen LogP contribution in [0.1, 0.15) is 36.9 Å². The van der Waals surface area contributed by atoms with E-state index in [4.69, 9.17) is 0 Å². The number of hydrogen-bond donors (Lipinski definition) is 2. The fourth-order valence-corrected chi connectivity index (χ4v) is 4.01. The highest BCUT2D eigenvalue weighted by Crippen LogP contribution is 2.30. The summed E-state index contributed by atoms with van der Waals surface area (Å²) in [6.45, 7) is 1.94. The molecule has 0 unspecified atom stereocenters. The van der Waals surface area contributed by atoms with Gasteiger partial charge in [-0.2, -0.15) is 0 Å². The summed E-state index contributed by atoms with van der Waals surface area (Å²) in [5.74, 6) is -0.00793. The molecule has 0 saturated carbocycles. The zero-order valence-corrected chi connectivity index (χ0v) is 16.2. The number of nitrogens with one attached hydrogen (secondary N) is 2. The fourth-order valence-electron chi connectivity index (χ4n) is 4.01. The van der Waals surface area contributed by atoms with Crippen molar-refractivity contribution in [1.82, 2.24) is 5.32 Å². The normalized spacial score (nSPS) is 16.8. The minimum atomic E-state index is -0.278. The van der Waals surface area contributed by atoms with Crippen molar-refractivity contribution in [3.63, 3.8) is 0 Å². The highest BCUT2D eigenvalue weighted by Gasteiger charge is 2.24. The first-order valence-electron chi connectivity index (χ1n) is 10.0. The zero-order chi connectivity index (χ0) is 19.3. The quantitative estimate of drug-likeness (QED) is 0.636. The summed E-state index contributed by atoms with van der Waals surface area (Å²) in [5, 5.41) is 6.66. The van der Waals surface area contributed by atoms with Crippen molar-refractivity contribution < 1.29 is 4.79 Å². The topological polar surface area (TPSA) is 41.1 Å². The standard InChI is InChI=1S/C25H26N2O/c1-18(26-23-17-9-13-20-12-5-6-14-21(20)23)25(28)27-24-16-8-7-15-22(24)19-10-3-2-4-11-19/h2-8,10-12,14-16,18,23,26H,9,13,17H2,1H3,(H,27,28)/t18-,23-/m1/s1. The molecule has 0 heterocycles. The lowest BCUT2D eigenvalue weighted by Gasteiger charge is -2.29. The molecule has 2 N–H and O–H groups in total. The van der Waals surface area contributed by atoms with Crippen LogP contribution in [0.2, 0.25) is 0 Å². The highest BCUT2D eigenvalue weighted by atomic mass is 16.2. The number of anilines is 1. The van der Waals surface area contributed by atoms with Crippen LogP contribution >= 0.6 is 0 Å². The summed E-state index contributed by atoms with van der Waals surface area (Å²) < 4.78 is 0. The van der Waals surface area contributed by atoms with Crippen molar-refractivity contribution in [3.05, 3.63) is 90.0 Å². The van der Waals surface area contributed by atoms with Gasteiger partial charge >= 0.3 is 0 Å². The second-order valence-electron chi connectivity index (χ2n) is 7.43. The van der Waals surface area contributed by atoms with Crippen LogP contribution in [0.25, 0.3) is 11.1 Å². The molecule has 3 heteroatoms. The molecule has 2 atom stereocenters. The predicted molar refractivity (Wildman–Crippen MR) is 115 cm³/mol. The lowest BCUT2D eigenvalue weighted by atomic mass is 9.87. The average molecular weight is 370 g/mol. The summed E-state index contributed by atoms with van der Waals surface area (Å²) in [7, 11) is 0. The second kappa shape index (κ2) is 8.41. The molecule has 3 aromatic rings. The van der Waals surface area contributed by atoms with Crippen molar-refractivity contribution in [2.45, 2.75) is 38.3 Å². The molecule has 1 aliphatic carbocycles. The van der Waals surface area contributed by atoms with Gasteiger partial charge in [-0.1, -0.05) is 72.8 Å². The Morgan fingerprint density at radius 1 is 0.929 bits per heavy atom. The van der Waals surface area contributed by atoms with Crippen LogP contribution in [0.4, 0.5) is 5.69 Å². The molecule has 142 valence electrons. The molecule has 1 aliphatic rings. The number of carbonyl (C=O) groups is 1. The number of para-hydroxylation sites is 1. The van der Waals surface area contributed by atoms with Crippen molar-refractivity contribution in [3.8, 4) is 11.1 Å². The van der Waals surface area contributed by atoms with Crippen LogP contribution in [-0.2, 0) is 11.2 Å². The molecule has 0 spiro atoms. The third-order valence-corrected chi connectivity index (χ3v) is 5.48. The third-order valence-electron chi connectivity index (χ3n) is 5.48. The number of amides is 1. The van der Waals surface area contributed by atoms with E-state index in [2.05, 4.69) is 47.0 Å². The van der Waals surface area contributed by atoms with Gasteiger partial charge in [-0.3, -0.25) is 10.1 Å². The van der Waals surface area contributed by atoms with Crippen LogP contribution in [0.3, 0.4) is 0 Å². The summed E-state index contributed by atoms with van der Waals surface area (Å²) in [5.41, 5.74) is 5.70. The molecule has 3 aromatic carbocycles.